The zero-order valence-electron chi connectivity index (χ0n) is 11.4. The molecule has 0 saturated heterocycles. The lowest BCUT2D eigenvalue weighted by Crippen LogP contribution is -2.24. The van der Waals surface area contributed by atoms with Crippen LogP contribution in [-0.4, -0.2) is 20.4 Å². The lowest BCUT2D eigenvalue weighted by Gasteiger charge is -2.15. The first-order valence-corrected chi connectivity index (χ1v) is 6.26. The Morgan fingerprint density at radius 3 is 2.84 bits per heavy atom. The van der Waals surface area contributed by atoms with Crippen LogP contribution >= 0.6 is 0 Å². The van der Waals surface area contributed by atoms with Gasteiger partial charge in [0.25, 0.3) is 0 Å². The number of fused-ring (bicyclic) bond motifs is 1. The number of nitriles is 1. The fourth-order valence-electron chi connectivity index (χ4n) is 1.91. The Labute approximate surface area is 113 Å². The minimum Gasteiger partial charge on any atom is -0.493 e. The maximum absolute atomic E-state index is 9.28. The fourth-order valence-corrected chi connectivity index (χ4v) is 1.91. The van der Waals surface area contributed by atoms with Crippen LogP contribution in [-0.2, 0) is 0 Å². The SMILES string of the molecule is COc1cc(C(C#N)NCC(C)C)cc2c1OCO2. The number of rotatable bonds is 5. The molecule has 0 aromatic heterocycles. The zero-order chi connectivity index (χ0) is 13.8. The third kappa shape index (κ3) is 2.91. The monoisotopic (exact) mass is 262 g/mol. The minimum absolute atomic E-state index is 0.186. The van der Waals surface area contributed by atoms with Crippen LogP contribution < -0.4 is 19.5 Å². The van der Waals surface area contributed by atoms with E-state index < -0.39 is 0 Å². The van der Waals surface area contributed by atoms with Crippen molar-refractivity contribution < 1.29 is 14.2 Å². The van der Waals surface area contributed by atoms with Crippen molar-refractivity contribution in [2.24, 2.45) is 5.92 Å². The fraction of sp³-hybridized carbons (Fsp3) is 0.500. The van der Waals surface area contributed by atoms with E-state index >= 15 is 0 Å². The second kappa shape index (κ2) is 5.81. The molecule has 102 valence electrons. The van der Waals surface area contributed by atoms with Gasteiger partial charge in [0, 0.05) is 0 Å². The van der Waals surface area contributed by atoms with Gasteiger partial charge in [0.2, 0.25) is 12.5 Å². The van der Waals surface area contributed by atoms with Crippen LogP contribution in [0.3, 0.4) is 0 Å². The molecule has 2 rings (SSSR count). The third-order valence-electron chi connectivity index (χ3n) is 2.87. The molecule has 0 amide bonds. The first kappa shape index (κ1) is 13.5. The molecule has 0 fully saturated rings. The number of ether oxygens (including phenoxy) is 3. The van der Waals surface area contributed by atoms with Crippen molar-refractivity contribution in [1.82, 2.24) is 5.32 Å². The largest absolute Gasteiger partial charge is 0.493 e. The van der Waals surface area contributed by atoms with Gasteiger partial charge in [0.05, 0.1) is 13.2 Å². The summed E-state index contributed by atoms with van der Waals surface area (Å²) in [5, 5.41) is 12.5. The van der Waals surface area contributed by atoms with Crippen molar-refractivity contribution in [1.29, 1.82) is 5.26 Å². The molecule has 1 aliphatic heterocycles. The van der Waals surface area contributed by atoms with Crippen LogP contribution in [0.5, 0.6) is 17.2 Å². The van der Waals surface area contributed by atoms with Crippen LogP contribution in [0.2, 0.25) is 0 Å². The molecule has 5 nitrogen and oxygen atoms in total. The maximum atomic E-state index is 9.28. The number of benzene rings is 1. The quantitative estimate of drug-likeness (QED) is 0.881. The first-order chi connectivity index (χ1) is 9.15. The van der Waals surface area contributed by atoms with E-state index in [-0.39, 0.29) is 12.8 Å². The summed E-state index contributed by atoms with van der Waals surface area (Å²) in [6, 6.07) is 5.51. The third-order valence-corrected chi connectivity index (χ3v) is 2.87. The molecular formula is C14H18N2O3. The lowest BCUT2D eigenvalue weighted by atomic mass is 10.1. The minimum atomic E-state index is -0.384. The van der Waals surface area contributed by atoms with Crippen molar-refractivity contribution in [3.05, 3.63) is 17.7 Å². The highest BCUT2D eigenvalue weighted by atomic mass is 16.7. The van der Waals surface area contributed by atoms with Gasteiger partial charge in [0.15, 0.2) is 11.5 Å². The van der Waals surface area contributed by atoms with Gasteiger partial charge in [-0.2, -0.15) is 5.26 Å². The number of hydrogen-bond donors (Lipinski definition) is 1. The summed E-state index contributed by atoms with van der Waals surface area (Å²) in [7, 11) is 1.57. The molecule has 19 heavy (non-hydrogen) atoms. The van der Waals surface area contributed by atoms with Crippen LogP contribution in [0.1, 0.15) is 25.5 Å². The van der Waals surface area contributed by atoms with Gasteiger partial charge in [-0.05, 0) is 30.2 Å². The second-order valence-corrected chi connectivity index (χ2v) is 4.82. The molecule has 5 heteroatoms. The molecule has 0 bridgehead atoms. The zero-order valence-corrected chi connectivity index (χ0v) is 11.4. The van der Waals surface area contributed by atoms with Gasteiger partial charge in [-0.15, -0.1) is 0 Å². The molecule has 1 aliphatic rings. The molecule has 1 unspecified atom stereocenters. The Kier molecular flexibility index (Phi) is 4.13. The Morgan fingerprint density at radius 1 is 1.42 bits per heavy atom. The normalized spacial score (nSPS) is 14.3. The van der Waals surface area contributed by atoms with Crippen LogP contribution in [0.15, 0.2) is 12.1 Å². The second-order valence-electron chi connectivity index (χ2n) is 4.82. The van der Waals surface area contributed by atoms with E-state index in [2.05, 4.69) is 25.2 Å². The molecular weight excluding hydrogens is 244 g/mol. The maximum Gasteiger partial charge on any atom is 0.231 e. The van der Waals surface area contributed by atoms with Crippen LogP contribution in [0.4, 0.5) is 0 Å². The average molecular weight is 262 g/mol. The summed E-state index contributed by atoms with van der Waals surface area (Å²) in [4.78, 5) is 0. The van der Waals surface area contributed by atoms with E-state index in [0.29, 0.717) is 23.2 Å². The summed E-state index contributed by atoms with van der Waals surface area (Å²) in [5.41, 5.74) is 0.823. The van der Waals surface area contributed by atoms with Gasteiger partial charge in [0.1, 0.15) is 6.04 Å². The molecule has 1 aromatic rings. The van der Waals surface area contributed by atoms with E-state index in [1.165, 1.54) is 0 Å². The number of nitrogens with one attached hydrogen (secondary N) is 1. The summed E-state index contributed by atoms with van der Waals surface area (Å²) in [6.07, 6.45) is 0. The molecule has 0 radical (unpaired) electrons. The number of methoxy groups -OCH3 is 1. The Balaban J connectivity index is 2.26. The van der Waals surface area contributed by atoms with Crippen molar-refractivity contribution >= 4 is 0 Å². The molecule has 0 aliphatic carbocycles. The Hall–Kier alpha value is -1.93. The van der Waals surface area contributed by atoms with Crippen LogP contribution in [0.25, 0.3) is 0 Å². The van der Waals surface area contributed by atoms with Crippen molar-refractivity contribution in [3.8, 4) is 23.3 Å². The highest BCUT2D eigenvalue weighted by molar-refractivity contribution is 5.56. The van der Waals surface area contributed by atoms with Gasteiger partial charge < -0.3 is 14.2 Å². The van der Waals surface area contributed by atoms with Gasteiger partial charge >= 0.3 is 0 Å². The Morgan fingerprint density at radius 2 is 2.21 bits per heavy atom. The van der Waals surface area contributed by atoms with E-state index in [4.69, 9.17) is 14.2 Å². The predicted molar refractivity (Wildman–Crippen MR) is 70.3 cm³/mol. The molecule has 1 heterocycles. The van der Waals surface area contributed by atoms with Crippen molar-refractivity contribution in [3.63, 3.8) is 0 Å². The topological polar surface area (TPSA) is 63.5 Å². The van der Waals surface area contributed by atoms with E-state index in [1.807, 2.05) is 12.1 Å². The highest BCUT2D eigenvalue weighted by Gasteiger charge is 2.23. The van der Waals surface area contributed by atoms with Gasteiger partial charge in [-0.3, -0.25) is 5.32 Å². The first-order valence-electron chi connectivity index (χ1n) is 6.26. The highest BCUT2D eigenvalue weighted by Crippen LogP contribution is 2.42. The summed E-state index contributed by atoms with van der Waals surface area (Å²) in [6.45, 7) is 5.16. The smallest absolute Gasteiger partial charge is 0.231 e. The number of nitrogens with zero attached hydrogens (tertiary/aromatic N) is 1. The van der Waals surface area contributed by atoms with Crippen LogP contribution in [0, 0.1) is 17.2 Å². The molecule has 1 aromatic carbocycles. The van der Waals surface area contributed by atoms with Crippen molar-refractivity contribution in [2.75, 3.05) is 20.4 Å². The van der Waals surface area contributed by atoms with E-state index in [0.717, 1.165) is 12.1 Å². The summed E-state index contributed by atoms with van der Waals surface area (Å²) < 4.78 is 16.0. The molecule has 0 saturated carbocycles. The van der Waals surface area contributed by atoms with Gasteiger partial charge in [-0.1, -0.05) is 13.8 Å². The van der Waals surface area contributed by atoms with E-state index in [9.17, 15) is 5.26 Å². The van der Waals surface area contributed by atoms with E-state index in [1.54, 1.807) is 7.11 Å². The summed E-state index contributed by atoms with van der Waals surface area (Å²) in [5.74, 6) is 2.30. The lowest BCUT2D eigenvalue weighted by molar-refractivity contribution is 0.171. The molecule has 1 N–H and O–H groups in total. The Bertz CT molecular complexity index is 494. The predicted octanol–water partition coefficient (Wildman–Crippen LogP) is 2.23. The average Bonchev–Trinajstić information content (AvgIpc) is 2.86. The summed E-state index contributed by atoms with van der Waals surface area (Å²) >= 11 is 0. The molecule has 1 atom stereocenters. The van der Waals surface area contributed by atoms with Crippen molar-refractivity contribution in [2.45, 2.75) is 19.9 Å². The van der Waals surface area contributed by atoms with Gasteiger partial charge in [-0.25, -0.2) is 0 Å². The number of hydrogen-bond acceptors (Lipinski definition) is 5. The molecule has 0 spiro atoms. The standard InChI is InChI=1S/C14H18N2O3/c1-9(2)7-16-11(6-15)10-4-12(17-3)14-13(5-10)18-8-19-14/h4-5,9,11,16H,7-8H2,1-3H3.